The fourth-order valence-electron chi connectivity index (χ4n) is 5.44. The van der Waals surface area contributed by atoms with E-state index < -0.39 is 28.9 Å². The van der Waals surface area contributed by atoms with Gasteiger partial charge in [-0.05, 0) is 132 Å². The first-order valence-corrected chi connectivity index (χ1v) is 17.0. The van der Waals surface area contributed by atoms with Crippen molar-refractivity contribution in [3.05, 3.63) is 157 Å². The average molecular weight is 777 g/mol. The Morgan fingerprint density at radius 2 is 0.571 bits per heavy atom. The topological polar surface area (TPSA) is 141 Å². The lowest BCUT2D eigenvalue weighted by Crippen LogP contribution is -2.54. The monoisotopic (exact) mass is 776 g/mol. The molecular formula is C42H38F6N4O4. The van der Waals surface area contributed by atoms with Crippen molar-refractivity contribution >= 4 is 22.7 Å². The normalized spacial score (nSPS) is 11.5. The molecule has 6 rings (SSSR count). The van der Waals surface area contributed by atoms with E-state index in [0.29, 0.717) is 36.1 Å². The Bertz CT molecular complexity index is 1960. The molecule has 0 unspecified atom stereocenters. The van der Waals surface area contributed by atoms with Crippen LogP contribution in [-0.4, -0.2) is 25.6 Å². The molecule has 6 aromatic carbocycles. The predicted molar refractivity (Wildman–Crippen MR) is 205 cm³/mol. The summed E-state index contributed by atoms with van der Waals surface area (Å²) in [4.78, 5) is 0. The van der Waals surface area contributed by atoms with Crippen LogP contribution in [0.5, 0.6) is 34.5 Å². The molecule has 0 fully saturated rings. The Balaban J connectivity index is 0.000000265. The maximum absolute atomic E-state index is 14.4. The number of benzene rings is 6. The van der Waals surface area contributed by atoms with Gasteiger partial charge in [-0.3, -0.25) is 0 Å². The highest BCUT2D eigenvalue weighted by Crippen LogP contribution is 2.56. The number of hydrogen-bond donors (Lipinski definition) is 4. The quantitative estimate of drug-likeness (QED) is 0.0547. The minimum absolute atomic E-state index is 0.0546. The van der Waals surface area contributed by atoms with Gasteiger partial charge >= 0.3 is 12.4 Å². The summed E-state index contributed by atoms with van der Waals surface area (Å²) in [5, 5.41) is 0. The van der Waals surface area contributed by atoms with Crippen LogP contribution in [0, 0.1) is 0 Å². The molecule has 0 aliphatic rings. The van der Waals surface area contributed by atoms with Crippen molar-refractivity contribution < 1.29 is 45.3 Å². The third kappa shape index (κ3) is 10.3. The summed E-state index contributed by atoms with van der Waals surface area (Å²) in [6.45, 7) is 1.22. The van der Waals surface area contributed by atoms with Crippen LogP contribution in [0.1, 0.15) is 17.5 Å². The standard InChI is InChI=1S/C27H20F6N2O2.C15H18N2O2/c28-26(29,30)25(27(31,32)33,17-1-9-21(10-2-17)36-23-13-5-19(34)6-14-23)18-3-11-22(12-4-18)37-24-15-7-20(35)8-16-24;16-12-2-6-14(7-3-12)18-10-1-11-19-15-8-4-13(17)5-9-15/h1-16H,34-35H2;2-9H,1,10-11,16-17H2. The van der Waals surface area contributed by atoms with Crippen LogP contribution in [0.2, 0.25) is 0 Å². The summed E-state index contributed by atoms with van der Waals surface area (Å²) in [6.07, 6.45) is -10.6. The van der Waals surface area contributed by atoms with Gasteiger partial charge in [-0.1, -0.05) is 24.3 Å². The van der Waals surface area contributed by atoms with Gasteiger partial charge in [-0.2, -0.15) is 26.3 Å². The molecule has 8 N–H and O–H groups in total. The minimum atomic E-state index is -5.72. The first kappa shape index (κ1) is 40.5. The number of ether oxygens (including phenoxy) is 4. The predicted octanol–water partition coefficient (Wildman–Crippen LogP) is 10.5. The summed E-state index contributed by atoms with van der Waals surface area (Å²) in [5.41, 5.74) is 18.5. The molecule has 0 heterocycles. The second-order valence-electron chi connectivity index (χ2n) is 12.3. The smallest absolute Gasteiger partial charge is 0.411 e. The summed E-state index contributed by atoms with van der Waals surface area (Å²) in [7, 11) is 0. The van der Waals surface area contributed by atoms with Gasteiger partial charge in [0.1, 0.15) is 34.5 Å². The number of anilines is 4. The van der Waals surface area contributed by atoms with E-state index in [1.165, 1.54) is 24.3 Å². The van der Waals surface area contributed by atoms with E-state index >= 15 is 0 Å². The molecule has 0 radical (unpaired) electrons. The summed E-state index contributed by atoms with van der Waals surface area (Å²) >= 11 is 0. The molecule has 14 heteroatoms. The number of nitrogens with two attached hydrogens (primary N) is 4. The van der Waals surface area contributed by atoms with Gasteiger partial charge in [0.15, 0.2) is 0 Å². The SMILES string of the molecule is Nc1ccc(OCCCOc2ccc(N)cc2)cc1.Nc1ccc(Oc2ccc(C(c3ccc(Oc4ccc(N)cc4)cc3)(C(F)(F)F)C(F)(F)F)cc2)cc1. The fourth-order valence-corrected chi connectivity index (χ4v) is 5.44. The van der Waals surface area contributed by atoms with Gasteiger partial charge in [-0.25, -0.2) is 0 Å². The first-order valence-electron chi connectivity index (χ1n) is 17.0. The molecule has 0 amide bonds. The van der Waals surface area contributed by atoms with Crippen LogP contribution in [0.15, 0.2) is 146 Å². The second kappa shape index (κ2) is 17.6. The number of rotatable bonds is 12. The van der Waals surface area contributed by atoms with Crippen LogP contribution in [0.3, 0.4) is 0 Å². The summed E-state index contributed by atoms with van der Waals surface area (Å²) in [5.74, 6) is 2.38. The van der Waals surface area contributed by atoms with Crippen molar-refractivity contribution in [2.24, 2.45) is 0 Å². The fraction of sp³-hybridized carbons (Fsp3) is 0.143. The molecular weight excluding hydrogens is 738 g/mol. The molecule has 292 valence electrons. The van der Waals surface area contributed by atoms with E-state index in [0.717, 1.165) is 77.8 Å². The van der Waals surface area contributed by atoms with E-state index in [1.807, 2.05) is 48.5 Å². The van der Waals surface area contributed by atoms with Gasteiger partial charge in [0.05, 0.1) is 13.2 Å². The maximum Gasteiger partial charge on any atom is 0.411 e. The van der Waals surface area contributed by atoms with Gasteiger partial charge in [0, 0.05) is 29.2 Å². The Morgan fingerprint density at radius 1 is 0.339 bits per heavy atom. The number of alkyl halides is 6. The zero-order chi connectivity index (χ0) is 40.3. The molecule has 0 bridgehead atoms. The number of hydrogen-bond acceptors (Lipinski definition) is 8. The Morgan fingerprint density at radius 3 is 0.821 bits per heavy atom. The molecule has 0 aliphatic carbocycles. The van der Waals surface area contributed by atoms with Crippen LogP contribution < -0.4 is 41.9 Å². The lowest BCUT2D eigenvalue weighted by atomic mass is 9.73. The van der Waals surface area contributed by atoms with Gasteiger partial charge in [0.25, 0.3) is 0 Å². The van der Waals surface area contributed by atoms with Crippen LogP contribution in [0.4, 0.5) is 49.1 Å². The van der Waals surface area contributed by atoms with Crippen LogP contribution >= 0.6 is 0 Å². The zero-order valence-electron chi connectivity index (χ0n) is 29.7. The van der Waals surface area contributed by atoms with Gasteiger partial charge < -0.3 is 41.9 Å². The van der Waals surface area contributed by atoms with E-state index in [1.54, 1.807) is 24.3 Å². The average Bonchev–Trinajstić information content (AvgIpc) is 3.16. The highest BCUT2D eigenvalue weighted by atomic mass is 19.4. The maximum atomic E-state index is 14.4. The van der Waals surface area contributed by atoms with E-state index in [9.17, 15) is 26.3 Å². The highest BCUT2D eigenvalue weighted by Gasteiger charge is 2.72. The van der Waals surface area contributed by atoms with Crippen molar-refractivity contribution in [2.75, 3.05) is 36.1 Å². The van der Waals surface area contributed by atoms with Crippen molar-refractivity contribution in [2.45, 2.75) is 24.2 Å². The van der Waals surface area contributed by atoms with Crippen LogP contribution in [-0.2, 0) is 5.41 Å². The number of nitrogen functional groups attached to an aromatic ring is 4. The summed E-state index contributed by atoms with van der Waals surface area (Å²) in [6, 6.07) is 34.2. The van der Waals surface area contributed by atoms with E-state index in [2.05, 4.69) is 0 Å². The van der Waals surface area contributed by atoms with Crippen LogP contribution in [0.25, 0.3) is 0 Å². The molecule has 0 aromatic heterocycles. The summed E-state index contributed by atoms with van der Waals surface area (Å²) < 4.78 is 109. The lowest BCUT2D eigenvalue weighted by Gasteiger charge is -2.38. The molecule has 0 saturated heterocycles. The highest BCUT2D eigenvalue weighted by molar-refractivity contribution is 5.50. The van der Waals surface area contributed by atoms with Gasteiger partial charge in [-0.15, -0.1) is 0 Å². The minimum Gasteiger partial charge on any atom is -0.493 e. The first-order chi connectivity index (χ1) is 26.6. The van der Waals surface area contributed by atoms with Gasteiger partial charge in [0.2, 0.25) is 5.41 Å². The molecule has 8 nitrogen and oxygen atoms in total. The Hall–Kier alpha value is -6.70. The van der Waals surface area contributed by atoms with Crippen molar-refractivity contribution in [1.82, 2.24) is 0 Å². The van der Waals surface area contributed by atoms with Crippen molar-refractivity contribution in [3.8, 4) is 34.5 Å². The zero-order valence-corrected chi connectivity index (χ0v) is 29.7. The molecule has 0 aliphatic heterocycles. The number of halogens is 6. The molecule has 0 saturated carbocycles. The van der Waals surface area contributed by atoms with Crippen molar-refractivity contribution in [3.63, 3.8) is 0 Å². The largest absolute Gasteiger partial charge is 0.493 e. The molecule has 0 spiro atoms. The lowest BCUT2D eigenvalue weighted by molar-refractivity contribution is -0.288. The van der Waals surface area contributed by atoms with E-state index in [-0.39, 0.29) is 11.5 Å². The Kier molecular flexibility index (Phi) is 12.7. The van der Waals surface area contributed by atoms with E-state index in [4.69, 9.17) is 41.9 Å². The molecule has 0 atom stereocenters. The third-order valence-corrected chi connectivity index (χ3v) is 8.24. The van der Waals surface area contributed by atoms with Crippen molar-refractivity contribution in [1.29, 1.82) is 0 Å². The Labute approximate surface area is 319 Å². The molecule has 6 aromatic rings. The second-order valence-corrected chi connectivity index (χ2v) is 12.3. The molecule has 56 heavy (non-hydrogen) atoms. The third-order valence-electron chi connectivity index (χ3n) is 8.24.